The highest BCUT2D eigenvalue weighted by molar-refractivity contribution is 6.31. The van der Waals surface area contributed by atoms with Gasteiger partial charge in [0.1, 0.15) is 6.61 Å². The molecule has 2 rings (SSSR count). The van der Waals surface area contributed by atoms with Crippen LogP contribution in [-0.4, -0.2) is 24.9 Å². The summed E-state index contributed by atoms with van der Waals surface area (Å²) in [6.45, 7) is 4.69. The van der Waals surface area contributed by atoms with Crippen LogP contribution in [0.15, 0.2) is 42.5 Å². The molecule has 0 heterocycles. The van der Waals surface area contributed by atoms with Crippen LogP contribution in [0.2, 0.25) is 5.02 Å². The van der Waals surface area contributed by atoms with Crippen LogP contribution in [0.1, 0.15) is 30.9 Å². The van der Waals surface area contributed by atoms with Crippen molar-refractivity contribution in [2.45, 2.75) is 32.9 Å². The van der Waals surface area contributed by atoms with Gasteiger partial charge in [-0.3, -0.25) is 0 Å². The third-order valence-corrected chi connectivity index (χ3v) is 4.14. The van der Waals surface area contributed by atoms with Crippen molar-refractivity contribution in [2.24, 2.45) is 0 Å². The number of rotatable bonds is 11. The Hall–Kier alpha value is -1.75. The Balaban J connectivity index is 2.08. The molecule has 25 heavy (non-hydrogen) atoms. The van der Waals surface area contributed by atoms with E-state index in [-0.39, 0.29) is 6.61 Å². The smallest absolute Gasteiger partial charge is 0.166 e. The van der Waals surface area contributed by atoms with Crippen LogP contribution in [0, 0.1) is 0 Å². The molecule has 5 heteroatoms. The first kappa shape index (κ1) is 19.6. The summed E-state index contributed by atoms with van der Waals surface area (Å²) in [5, 5.41) is 12.9. The molecule has 0 bridgehead atoms. The van der Waals surface area contributed by atoms with Gasteiger partial charge in [-0.05, 0) is 38.4 Å². The minimum Gasteiger partial charge on any atom is -0.490 e. The lowest BCUT2D eigenvalue weighted by molar-refractivity contribution is 0.266. The largest absolute Gasteiger partial charge is 0.490 e. The summed E-state index contributed by atoms with van der Waals surface area (Å²) in [7, 11) is 0. The van der Waals surface area contributed by atoms with E-state index in [1.807, 2.05) is 49.4 Å². The lowest BCUT2D eigenvalue weighted by Gasteiger charge is -2.17. The van der Waals surface area contributed by atoms with Crippen molar-refractivity contribution >= 4 is 11.6 Å². The Morgan fingerprint density at radius 1 is 1.00 bits per heavy atom. The molecular weight excluding hydrogens is 338 g/mol. The van der Waals surface area contributed by atoms with Gasteiger partial charge in [-0.1, -0.05) is 41.9 Å². The Kier molecular flexibility index (Phi) is 8.60. The predicted octanol–water partition coefficient (Wildman–Crippen LogP) is 4.18. The average molecular weight is 364 g/mol. The molecule has 0 saturated heterocycles. The summed E-state index contributed by atoms with van der Waals surface area (Å²) in [4.78, 5) is 0. The van der Waals surface area contributed by atoms with E-state index < -0.39 is 0 Å². The maximum absolute atomic E-state index is 8.85. The first-order chi connectivity index (χ1) is 12.3. The number of benzene rings is 2. The molecule has 4 nitrogen and oxygen atoms in total. The van der Waals surface area contributed by atoms with Crippen LogP contribution in [0.3, 0.4) is 0 Å². The van der Waals surface area contributed by atoms with Gasteiger partial charge in [0.05, 0.1) is 6.61 Å². The molecule has 0 atom stereocenters. The molecule has 0 unspecified atom stereocenters. The van der Waals surface area contributed by atoms with Crippen molar-refractivity contribution < 1.29 is 14.6 Å². The van der Waals surface area contributed by atoms with E-state index in [4.69, 9.17) is 26.2 Å². The number of para-hydroxylation sites is 1. The van der Waals surface area contributed by atoms with Crippen molar-refractivity contribution in [3.63, 3.8) is 0 Å². The number of hydrogen-bond acceptors (Lipinski definition) is 4. The fourth-order valence-electron chi connectivity index (χ4n) is 2.48. The zero-order chi connectivity index (χ0) is 17.9. The molecule has 0 aliphatic carbocycles. The van der Waals surface area contributed by atoms with Gasteiger partial charge in [0, 0.05) is 29.3 Å². The van der Waals surface area contributed by atoms with Gasteiger partial charge in [0.2, 0.25) is 0 Å². The Labute approximate surface area is 154 Å². The highest BCUT2D eigenvalue weighted by atomic mass is 35.5. The number of nitrogens with one attached hydrogen (secondary N) is 1. The van der Waals surface area contributed by atoms with Crippen LogP contribution in [-0.2, 0) is 13.2 Å². The summed E-state index contributed by atoms with van der Waals surface area (Å²) < 4.78 is 11.8. The van der Waals surface area contributed by atoms with Crippen molar-refractivity contribution in [2.75, 3.05) is 19.8 Å². The molecule has 2 aromatic carbocycles. The van der Waals surface area contributed by atoms with Crippen LogP contribution >= 0.6 is 11.6 Å². The van der Waals surface area contributed by atoms with E-state index >= 15 is 0 Å². The quantitative estimate of drug-likeness (QED) is 0.588. The van der Waals surface area contributed by atoms with E-state index in [0.29, 0.717) is 24.8 Å². The lowest BCUT2D eigenvalue weighted by Crippen LogP contribution is -2.16. The zero-order valence-electron chi connectivity index (χ0n) is 14.6. The Bertz CT molecular complexity index is 649. The van der Waals surface area contributed by atoms with E-state index in [0.717, 1.165) is 42.0 Å². The van der Waals surface area contributed by atoms with Gasteiger partial charge in [-0.25, -0.2) is 0 Å². The van der Waals surface area contributed by atoms with Crippen LogP contribution in [0.4, 0.5) is 0 Å². The number of aliphatic hydroxyl groups excluding tert-OH is 1. The van der Waals surface area contributed by atoms with E-state index in [9.17, 15) is 0 Å². The van der Waals surface area contributed by atoms with Crippen LogP contribution in [0.25, 0.3) is 0 Å². The van der Waals surface area contributed by atoms with Gasteiger partial charge in [0.25, 0.3) is 0 Å². The van der Waals surface area contributed by atoms with E-state index in [1.165, 1.54) is 0 Å². The predicted molar refractivity (Wildman–Crippen MR) is 101 cm³/mol. The summed E-state index contributed by atoms with van der Waals surface area (Å²) in [5.41, 5.74) is 1.99. The van der Waals surface area contributed by atoms with Gasteiger partial charge in [-0.15, -0.1) is 0 Å². The molecule has 0 aromatic heterocycles. The minimum atomic E-state index is 0.230. The second-order valence-electron chi connectivity index (χ2n) is 5.66. The SMILES string of the molecule is CCOc1cccc(CNCCCCO)c1OCc1ccccc1Cl. The maximum Gasteiger partial charge on any atom is 0.166 e. The first-order valence-electron chi connectivity index (χ1n) is 8.68. The number of hydrogen-bond donors (Lipinski definition) is 2. The monoisotopic (exact) mass is 363 g/mol. The number of ether oxygens (including phenoxy) is 2. The standard InChI is InChI=1S/C20H26ClNO3/c1-2-24-19-11-7-9-16(14-22-12-5-6-13-23)20(19)25-15-17-8-3-4-10-18(17)21/h3-4,7-11,22-23H,2,5-6,12-15H2,1H3. The minimum absolute atomic E-state index is 0.230. The summed E-state index contributed by atoms with van der Waals surface area (Å²) >= 11 is 6.22. The lowest BCUT2D eigenvalue weighted by atomic mass is 10.1. The first-order valence-corrected chi connectivity index (χ1v) is 9.06. The number of aliphatic hydroxyl groups is 1. The molecule has 0 amide bonds. The molecular formula is C20H26ClNO3. The molecule has 0 aliphatic rings. The average Bonchev–Trinajstić information content (AvgIpc) is 2.62. The second-order valence-corrected chi connectivity index (χ2v) is 6.07. The molecule has 0 saturated carbocycles. The second kappa shape index (κ2) is 11.0. The Morgan fingerprint density at radius 2 is 1.80 bits per heavy atom. The normalized spacial score (nSPS) is 10.7. The molecule has 2 aromatic rings. The van der Waals surface area contributed by atoms with Gasteiger partial charge in [-0.2, -0.15) is 0 Å². The van der Waals surface area contributed by atoms with Crippen molar-refractivity contribution in [1.82, 2.24) is 5.32 Å². The fourth-order valence-corrected chi connectivity index (χ4v) is 2.67. The zero-order valence-corrected chi connectivity index (χ0v) is 15.4. The third-order valence-electron chi connectivity index (χ3n) is 3.77. The van der Waals surface area contributed by atoms with Crippen molar-refractivity contribution in [3.8, 4) is 11.5 Å². The highest BCUT2D eigenvalue weighted by Crippen LogP contribution is 2.32. The molecule has 2 N–H and O–H groups in total. The van der Waals surface area contributed by atoms with E-state index in [1.54, 1.807) is 0 Å². The number of unbranched alkanes of at least 4 members (excludes halogenated alkanes) is 1. The fraction of sp³-hybridized carbons (Fsp3) is 0.400. The van der Waals surface area contributed by atoms with E-state index in [2.05, 4.69) is 5.32 Å². The van der Waals surface area contributed by atoms with Crippen LogP contribution in [0.5, 0.6) is 11.5 Å². The molecule has 0 aliphatic heterocycles. The highest BCUT2D eigenvalue weighted by Gasteiger charge is 2.12. The van der Waals surface area contributed by atoms with Crippen LogP contribution < -0.4 is 14.8 Å². The number of halogens is 1. The molecule has 0 spiro atoms. The van der Waals surface area contributed by atoms with Crippen molar-refractivity contribution in [3.05, 3.63) is 58.6 Å². The summed E-state index contributed by atoms with van der Waals surface area (Å²) in [6.07, 6.45) is 1.75. The molecule has 136 valence electrons. The summed E-state index contributed by atoms with van der Waals surface area (Å²) in [6, 6.07) is 13.6. The van der Waals surface area contributed by atoms with Gasteiger partial charge in [0.15, 0.2) is 11.5 Å². The van der Waals surface area contributed by atoms with Gasteiger partial charge >= 0.3 is 0 Å². The van der Waals surface area contributed by atoms with Gasteiger partial charge < -0.3 is 19.9 Å². The molecule has 0 fully saturated rings. The maximum atomic E-state index is 8.85. The Morgan fingerprint density at radius 3 is 2.56 bits per heavy atom. The topological polar surface area (TPSA) is 50.7 Å². The third kappa shape index (κ3) is 6.24. The molecule has 0 radical (unpaired) electrons. The summed E-state index contributed by atoms with van der Waals surface area (Å²) in [5.74, 6) is 1.49. The van der Waals surface area contributed by atoms with Crippen molar-refractivity contribution in [1.29, 1.82) is 0 Å².